The van der Waals surface area contributed by atoms with Gasteiger partial charge in [-0.1, -0.05) is 51.1 Å². The van der Waals surface area contributed by atoms with Gasteiger partial charge in [0.2, 0.25) is 0 Å². The maximum Gasteiger partial charge on any atom is 0.119 e. The highest BCUT2D eigenvalue weighted by Crippen LogP contribution is 2.22. The lowest BCUT2D eigenvalue weighted by Crippen LogP contribution is -2.09. The Bertz CT molecular complexity index is 538. The Morgan fingerprint density at radius 3 is 1.82 bits per heavy atom. The van der Waals surface area contributed by atoms with Gasteiger partial charge >= 0.3 is 0 Å². The Morgan fingerprint density at radius 1 is 0.727 bits per heavy atom. The number of rotatable bonds is 7. The SMILES string of the molecule is CC(C)(C)Cc1ccc(OCCCOc2ccccc2)cc1. The third-order valence-corrected chi connectivity index (χ3v) is 3.23. The molecule has 0 saturated heterocycles. The zero-order valence-corrected chi connectivity index (χ0v) is 13.8. The minimum Gasteiger partial charge on any atom is -0.493 e. The fourth-order valence-electron chi connectivity index (χ4n) is 2.27. The molecule has 2 heteroatoms. The molecule has 118 valence electrons. The zero-order chi connectivity index (χ0) is 15.8. The Hall–Kier alpha value is -1.96. The first-order valence-electron chi connectivity index (χ1n) is 7.92. The lowest BCUT2D eigenvalue weighted by atomic mass is 9.88. The van der Waals surface area contributed by atoms with Crippen molar-refractivity contribution in [1.82, 2.24) is 0 Å². The largest absolute Gasteiger partial charge is 0.493 e. The molecule has 0 aliphatic rings. The summed E-state index contributed by atoms with van der Waals surface area (Å²) in [6.07, 6.45) is 1.96. The summed E-state index contributed by atoms with van der Waals surface area (Å²) in [6.45, 7) is 8.11. The maximum absolute atomic E-state index is 5.75. The molecule has 2 nitrogen and oxygen atoms in total. The topological polar surface area (TPSA) is 18.5 Å². The molecule has 0 atom stereocenters. The average molecular weight is 298 g/mol. The third kappa shape index (κ3) is 6.21. The van der Waals surface area contributed by atoms with Crippen molar-refractivity contribution in [3.05, 3.63) is 60.2 Å². The van der Waals surface area contributed by atoms with E-state index in [1.54, 1.807) is 0 Å². The number of benzene rings is 2. The zero-order valence-electron chi connectivity index (χ0n) is 13.8. The second kappa shape index (κ2) is 7.88. The van der Waals surface area contributed by atoms with Gasteiger partial charge in [-0.2, -0.15) is 0 Å². The van der Waals surface area contributed by atoms with Crippen molar-refractivity contribution >= 4 is 0 Å². The standard InChI is InChI=1S/C20H26O2/c1-20(2,3)16-17-10-12-19(13-11-17)22-15-7-14-21-18-8-5-4-6-9-18/h4-6,8-13H,7,14-16H2,1-3H3. The van der Waals surface area contributed by atoms with Crippen LogP contribution in [0.15, 0.2) is 54.6 Å². The van der Waals surface area contributed by atoms with Gasteiger partial charge in [-0.05, 0) is 41.7 Å². The van der Waals surface area contributed by atoms with Gasteiger partial charge in [-0.3, -0.25) is 0 Å². The number of hydrogen-bond acceptors (Lipinski definition) is 2. The number of ether oxygens (including phenoxy) is 2. The van der Waals surface area contributed by atoms with Gasteiger partial charge in [0.25, 0.3) is 0 Å². The number of hydrogen-bond donors (Lipinski definition) is 0. The van der Waals surface area contributed by atoms with Crippen molar-refractivity contribution in [2.75, 3.05) is 13.2 Å². The van der Waals surface area contributed by atoms with Gasteiger partial charge in [0.15, 0.2) is 0 Å². The van der Waals surface area contributed by atoms with E-state index in [1.165, 1.54) is 5.56 Å². The van der Waals surface area contributed by atoms with Crippen molar-refractivity contribution in [3.8, 4) is 11.5 Å². The Balaban J connectivity index is 1.67. The first-order chi connectivity index (χ1) is 10.5. The second-order valence-electron chi connectivity index (χ2n) is 6.74. The van der Waals surface area contributed by atoms with E-state index in [0.717, 1.165) is 24.3 Å². The average Bonchev–Trinajstić information content (AvgIpc) is 2.48. The van der Waals surface area contributed by atoms with Crippen LogP contribution in [0.1, 0.15) is 32.8 Å². The summed E-state index contributed by atoms with van der Waals surface area (Å²) in [4.78, 5) is 0. The van der Waals surface area contributed by atoms with Crippen LogP contribution in [0.3, 0.4) is 0 Å². The van der Waals surface area contributed by atoms with Gasteiger partial charge in [0.05, 0.1) is 13.2 Å². The van der Waals surface area contributed by atoms with Crippen LogP contribution in [-0.2, 0) is 6.42 Å². The highest BCUT2D eigenvalue weighted by molar-refractivity contribution is 5.27. The summed E-state index contributed by atoms with van der Waals surface area (Å²) in [5.41, 5.74) is 1.67. The molecule has 2 rings (SSSR count). The predicted molar refractivity (Wildman–Crippen MR) is 91.7 cm³/mol. The number of para-hydroxylation sites is 1. The van der Waals surface area contributed by atoms with Crippen LogP contribution in [0.5, 0.6) is 11.5 Å². The van der Waals surface area contributed by atoms with Crippen LogP contribution in [0.2, 0.25) is 0 Å². The monoisotopic (exact) mass is 298 g/mol. The molecule has 0 aliphatic heterocycles. The van der Waals surface area contributed by atoms with E-state index in [9.17, 15) is 0 Å². The second-order valence-corrected chi connectivity index (χ2v) is 6.74. The van der Waals surface area contributed by atoms with E-state index in [-0.39, 0.29) is 0 Å². The van der Waals surface area contributed by atoms with Crippen molar-refractivity contribution in [2.24, 2.45) is 5.41 Å². The van der Waals surface area contributed by atoms with Gasteiger partial charge < -0.3 is 9.47 Å². The first-order valence-corrected chi connectivity index (χ1v) is 7.92. The molecule has 0 heterocycles. The lowest BCUT2D eigenvalue weighted by molar-refractivity contribution is 0.247. The summed E-state index contributed by atoms with van der Waals surface area (Å²) in [5.74, 6) is 1.84. The molecule has 22 heavy (non-hydrogen) atoms. The molecule has 2 aromatic rings. The molecule has 0 bridgehead atoms. The molecule has 0 fully saturated rings. The fourth-order valence-corrected chi connectivity index (χ4v) is 2.27. The molecule has 0 N–H and O–H groups in total. The smallest absolute Gasteiger partial charge is 0.119 e. The molecule has 0 amide bonds. The van der Waals surface area contributed by atoms with Gasteiger partial charge in [0.1, 0.15) is 11.5 Å². The van der Waals surface area contributed by atoms with Gasteiger partial charge in [-0.15, -0.1) is 0 Å². The van der Waals surface area contributed by atoms with Crippen LogP contribution in [-0.4, -0.2) is 13.2 Å². The van der Waals surface area contributed by atoms with Gasteiger partial charge in [-0.25, -0.2) is 0 Å². The van der Waals surface area contributed by atoms with E-state index in [4.69, 9.17) is 9.47 Å². The van der Waals surface area contributed by atoms with Crippen LogP contribution >= 0.6 is 0 Å². The summed E-state index contributed by atoms with van der Waals surface area (Å²) < 4.78 is 11.4. The van der Waals surface area contributed by atoms with Crippen molar-refractivity contribution in [2.45, 2.75) is 33.6 Å². The lowest BCUT2D eigenvalue weighted by Gasteiger charge is -2.18. The molecule has 0 unspecified atom stereocenters. The maximum atomic E-state index is 5.75. The molecule has 0 saturated carbocycles. The molecule has 0 aromatic heterocycles. The van der Waals surface area contributed by atoms with Crippen LogP contribution in [0.4, 0.5) is 0 Å². The van der Waals surface area contributed by atoms with Gasteiger partial charge in [0, 0.05) is 6.42 Å². The molecular formula is C20H26O2. The highest BCUT2D eigenvalue weighted by atomic mass is 16.5. The van der Waals surface area contributed by atoms with E-state index < -0.39 is 0 Å². The fraction of sp³-hybridized carbons (Fsp3) is 0.400. The first kappa shape index (κ1) is 16.4. The quantitative estimate of drug-likeness (QED) is 0.660. The Morgan fingerprint density at radius 2 is 1.27 bits per heavy atom. The minimum absolute atomic E-state index is 0.317. The summed E-state index contributed by atoms with van der Waals surface area (Å²) in [7, 11) is 0. The normalized spacial score (nSPS) is 11.2. The Kier molecular flexibility index (Phi) is 5.88. The third-order valence-electron chi connectivity index (χ3n) is 3.23. The van der Waals surface area contributed by atoms with Crippen LogP contribution in [0.25, 0.3) is 0 Å². The molecule has 0 aliphatic carbocycles. The minimum atomic E-state index is 0.317. The van der Waals surface area contributed by atoms with Crippen molar-refractivity contribution in [1.29, 1.82) is 0 Å². The Labute approximate surface area is 134 Å². The molecule has 0 radical (unpaired) electrons. The van der Waals surface area contributed by atoms with E-state index >= 15 is 0 Å². The highest BCUT2D eigenvalue weighted by Gasteiger charge is 2.10. The summed E-state index contributed by atoms with van der Waals surface area (Å²) in [5, 5.41) is 0. The van der Waals surface area contributed by atoms with E-state index in [0.29, 0.717) is 18.6 Å². The summed E-state index contributed by atoms with van der Waals surface area (Å²) in [6, 6.07) is 18.3. The van der Waals surface area contributed by atoms with Crippen LogP contribution in [0, 0.1) is 5.41 Å². The van der Waals surface area contributed by atoms with Crippen LogP contribution < -0.4 is 9.47 Å². The van der Waals surface area contributed by atoms with Crippen molar-refractivity contribution < 1.29 is 9.47 Å². The summed E-state index contributed by atoms with van der Waals surface area (Å²) >= 11 is 0. The van der Waals surface area contributed by atoms with E-state index in [1.807, 2.05) is 30.3 Å². The van der Waals surface area contributed by atoms with Crippen molar-refractivity contribution in [3.63, 3.8) is 0 Å². The van der Waals surface area contributed by atoms with E-state index in [2.05, 4.69) is 45.0 Å². The molecular weight excluding hydrogens is 272 g/mol. The predicted octanol–water partition coefficient (Wildman–Crippen LogP) is 5.12. The molecule has 2 aromatic carbocycles. The molecule has 0 spiro atoms.